The van der Waals surface area contributed by atoms with E-state index >= 15 is 0 Å². The Morgan fingerprint density at radius 1 is 1.05 bits per heavy atom. The smallest absolute Gasteiger partial charge is 0.150 e. The summed E-state index contributed by atoms with van der Waals surface area (Å²) in [4.78, 5) is 16.2. The van der Waals surface area contributed by atoms with E-state index < -0.39 is 0 Å². The van der Waals surface area contributed by atoms with Crippen LogP contribution in [0.25, 0.3) is 21.0 Å². The molecule has 4 heteroatoms. The van der Waals surface area contributed by atoms with E-state index in [9.17, 15) is 4.79 Å². The Bertz CT molecular complexity index is 749. The van der Waals surface area contributed by atoms with Crippen LogP contribution in [0.4, 0.5) is 0 Å². The van der Waals surface area contributed by atoms with Gasteiger partial charge in [0.25, 0.3) is 0 Å². The second kappa shape index (κ2) is 5.57. The minimum Gasteiger partial charge on any atom is -0.298 e. The van der Waals surface area contributed by atoms with Crippen molar-refractivity contribution in [2.45, 2.75) is 0 Å². The maximum Gasteiger partial charge on any atom is 0.150 e. The van der Waals surface area contributed by atoms with Gasteiger partial charge < -0.3 is 0 Å². The van der Waals surface area contributed by atoms with E-state index in [4.69, 9.17) is 11.6 Å². The predicted molar refractivity (Wildman–Crippen MR) is 83.4 cm³/mol. The first-order chi connectivity index (χ1) is 9.76. The molecule has 0 aliphatic carbocycles. The van der Waals surface area contributed by atoms with Gasteiger partial charge in [0.2, 0.25) is 0 Å². The molecule has 3 rings (SSSR count). The Morgan fingerprint density at radius 3 is 2.55 bits per heavy atom. The summed E-state index contributed by atoms with van der Waals surface area (Å²) in [6.07, 6.45) is 2.68. The number of nitrogens with zero attached hydrogens (tertiary/aromatic N) is 1. The molecule has 2 aromatic carbocycles. The van der Waals surface area contributed by atoms with Crippen LogP contribution < -0.4 is 0 Å². The summed E-state index contributed by atoms with van der Waals surface area (Å²) < 4.78 is 0. The summed E-state index contributed by atoms with van der Waals surface area (Å²) in [6, 6.07) is 15.1. The first-order valence-electron chi connectivity index (χ1n) is 6.03. The van der Waals surface area contributed by atoms with Gasteiger partial charge in [0.15, 0.2) is 0 Å². The Hall–Kier alpha value is -1.97. The van der Waals surface area contributed by atoms with Gasteiger partial charge in [-0.1, -0.05) is 48.0 Å². The summed E-state index contributed by atoms with van der Waals surface area (Å²) >= 11 is 7.61. The number of thiazole rings is 1. The summed E-state index contributed by atoms with van der Waals surface area (Å²) in [5.74, 6) is 0. The molecule has 98 valence electrons. The number of halogens is 1. The van der Waals surface area contributed by atoms with Crippen LogP contribution in [-0.2, 0) is 0 Å². The fourth-order valence-electron chi connectivity index (χ4n) is 1.89. The van der Waals surface area contributed by atoms with Crippen LogP contribution in [0, 0.1) is 0 Å². The zero-order valence-corrected chi connectivity index (χ0v) is 12.0. The molecule has 3 aromatic rings. The average Bonchev–Trinajstić information content (AvgIpc) is 2.97. The topological polar surface area (TPSA) is 30.0 Å². The maximum atomic E-state index is 10.6. The van der Waals surface area contributed by atoms with Gasteiger partial charge in [-0.2, -0.15) is 0 Å². The lowest BCUT2D eigenvalue weighted by Gasteiger charge is -1.97. The van der Waals surface area contributed by atoms with Gasteiger partial charge in [-0.25, -0.2) is 4.98 Å². The molecule has 0 N–H and O–H groups in total. The summed E-state index contributed by atoms with van der Waals surface area (Å²) in [6.45, 7) is 0. The highest BCUT2D eigenvalue weighted by Crippen LogP contribution is 2.32. The van der Waals surface area contributed by atoms with Gasteiger partial charge >= 0.3 is 0 Å². The number of aromatic nitrogens is 1. The molecule has 0 radical (unpaired) electrons. The molecular formula is C16H10ClNOS. The first kappa shape index (κ1) is 13.0. The van der Waals surface area contributed by atoms with Crippen molar-refractivity contribution in [3.8, 4) is 21.0 Å². The largest absolute Gasteiger partial charge is 0.298 e. The van der Waals surface area contributed by atoms with E-state index in [-0.39, 0.29) is 0 Å². The molecule has 2 nitrogen and oxygen atoms in total. The molecular weight excluding hydrogens is 290 g/mol. The molecule has 20 heavy (non-hydrogen) atoms. The Kier molecular flexibility index (Phi) is 3.63. The third-order valence-corrected chi connectivity index (χ3v) is 4.24. The van der Waals surface area contributed by atoms with Crippen molar-refractivity contribution in [1.29, 1.82) is 0 Å². The van der Waals surface area contributed by atoms with Gasteiger partial charge in [0.05, 0.1) is 4.88 Å². The van der Waals surface area contributed by atoms with Crippen LogP contribution in [0.15, 0.2) is 54.7 Å². The average molecular weight is 300 g/mol. The van der Waals surface area contributed by atoms with Crippen LogP contribution in [0.3, 0.4) is 0 Å². The van der Waals surface area contributed by atoms with E-state index in [1.807, 2.05) is 42.6 Å². The van der Waals surface area contributed by atoms with Crippen molar-refractivity contribution in [2.75, 3.05) is 0 Å². The Morgan fingerprint density at radius 2 is 1.85 bits per heavy atom. The van der Waals surface area contributed by atoms with Crippen molar-refractivity contribution in [1.82, 2.24) is 4.98 Å². The van der Waals surface area contributed by atoms with E-state index in [0.29, 0.717) is 10.6 Å². The summed E-state index contributed by atoms with van der Waals surface area (Å²) in [5.41, 5.74) is 2.74. The molecule has 0 amide bonds. The highest BCUT2D eigenvalue weighted by molar-refractivity contribution is 7.18. The Balaban J connectivity index is 1.95. The summed E-state index contributed by atoms with van der Waals surface area (Å²) in [5, 5.41) is 1.64. The number of rotatable bonds is 3. The monoisotopic (exact) mass is 299 g/mol. The second-order valence-corrected chi connectivity index (χ2v) is 5.75. The number of hydrogen-bond donors (Lipinski definition) is 0. The standard InChI is InChI=1S/C16H10ClNOS/c17-14-3-1-2-13(8-14)15-9-18-16(20-15)12-6-4-11(10-19)5-7-12/h1-10H. The van der Waals surface area contributed by atoms with Gasteiger partial charge in [-0.05, 0) is 17.7 Å². The van der Waals surface area contributed by atoms with Crippen LogP contribution in [0.5, 0.6) is 0 Å². The van der Waals surface area contributed by atoms with Crippen LogP contribution >= 0.6 is 22.9 Å². The number of aldehydes is 1. The number of benzene rings is 2. The van der Waals surface area contributed by atoms with Gasteiger partial charge in [0.1, 0.15) is 11.3 Å². The highest BCUT2D eigenvalue weighted by atomic mass is 35.5. The first-order valence-corrected chi connectivity index (χ1v) is 7.23. The molecule has 1 heterocycles. The minimum atomic E-state index is 0.667. The van der Waals surface area contributed by atoms with Gasteiger partial charge in [-0.3, -0.25) is 4.79 Å². The van der Waals surface area contributed by atoms with Crippen LogP contribution in [0.1, 0.15) is 10.4 Å². The molecule has 0 bridgehead atoms. The molecule has 0 saturated carbocycles. The van der Waals surface area contributed by atoms with Crippen molar-refractivity contribution in [3.05, 3.63) is 65.3 Å². The molecule has 0 aliphatic rings. The molecule has 0 fully saturated rings. The predicted octanol–water partition coefficient (Wildman–Crippen LogP) is 4.94. The fourth-order valence-corrected chi connectivity index (χ4v) is 3.00. The van der Waals surface area contributed by atoms with E-state index in [2.05, 4.69) is 4.98 Å². The van der Waals surface area contributed by atoms with E-state index in [1.165, 1.54) is 0 Å². The lowest BCUT2D eigenvalue weighted by atomic mass is 10.1. The molecule has 0 spiro atoms. The fraction of sp³-hybridized carbons (Fsp3) is 0. The quantitative estimate of drug-likeness (QED) is 0.641. The molecule has 1 aromatic heterocycles. The molecule has 0 unspecified atom stereocenters. The van der Waals surface area contributed by atoms with Crippen molar-refractivity contribution < 1.29 is 4.79 Å². The van der Waals surface area contributed by atoms with Crippen molar-refractivity contribution in [2.24, 2.45) is 0 Å². The minimum absolute atomic E-state index is 0.667. The van der Waals surface area contributed by atoms with Crippen molar-refractivity contribution in [3.63, 3.8) is 0 Å². The van der Waals surface area contributed by atoms with Crippen LogP contribution in [0.2, 0.25) is 5.02 Å². The third kappa shape index (κ3) is 2.64. The van der Waals surface area contributed by atoms with E-state index in [1.54, 1.807) is 23.5 Å². The SMILES string of the molecule is O=Cc1ccc(-c2ncc(-c3cccc(Cl)c3)s2)cc1. The molecule has 0 aliphatic heterocycles. The van der Waals surface area contributed by atoms with Crippen LogP contribution in [-0.4, -0.2) is 11.3 Å². The number of hydrogen-bond acceptors (Lipinski definition) is 3. The maximum absolute atomic E-state index is 10.6. The zero-order chi connectivity index (χ0) is 13.9. The second-order valence-electron chi connectivity index (χ2n) is 4.28. The lowest BCUT2D eigenvalue weighted by molar-refractivity contribution is 0.112. The van der Waals surface area contributed by atoms with Gasteiger partial charge in [-0.15, -0.1) is 11.3 Å². The number of carbonyl (C=O) groups is 1. The van der Waals surface area contributed by atoms with Crippen molar-refractivity contribution >= 4 is 29.2 Å². The van der Waals surface area contributed by atoms with E-state index in [0.717, 1.165) is 27.3 Å². The Labute approximate surface area is 125 Å². The lowest BCUT2D eigenvalue weighted by Crippen LogP contribution is -1.79. The summed E-state index contributed by atoms with van der Waals surface area (Å²) in [7, 11) is 0. The normalized spacial score (nSPS) is 10.4. The highest BCUT2D eigenvalue weighted by Gasteiger charge is 2.07. The third-order valence-electron chi connectivity index (χ3n) is 2.91. The zero-order valence-electron chi connectivity index (χ0n) is 10.4. The van der Waals surface area contributed by atoms with Gasteiger partial charge in [0, 0.05) is 22.3 Å². The number of carbonyl (C=O) groups excluding carboxylic acids is 1. The molecule has 0 atom stereocenters. The molecule has 0 saturated heterocycles.